The molecule has 1 heterocycles. The number of rotatable bonds is 8. The first-order valence-electron chi connectivity index (χ1n) is 7.89. The molecule has 0 unspecified atom stereocenters. The van der Waals surface area contributed by atoms with Gasteiger partial charge in [-0.15, -0.1) is 0 Å². The van der Waals surface area contributed by atoms with E-state index in [0.29, 0.717) is 39.8 Å². The molecule has 0 bridgehead atoms. The van der Waals surface area contributed by atoms with Gasteiger partial charge < -0.3 is 14.2 Å². The Kier molecular flexibility index (Phi) is 7.34. The summed E-state index contributed by atoms with van der Waals surface area (Å²) in [5.74, 6) is 1.11. The lowest BCUT2D eigenvalue weighted by atomic mass is 10.2. The van der Waals surface area contributed by atoms with Gasteiger partial charge in [0, 0.05) is 0 Å². The third-order valence-electron chi connectivity index (χ3n) is 3.11. The zero-order valence-electron chi connectivity index (χ0n) is 14.6. The SMILES string of the molecule is CCOC(=O)COc1c(Br)cc(/C=N\n2c(C)n[nH]c2=S)cc1OCC. The summed E-state index contributed by atoms with van der Waals surface area (Å²) < 4.78 is 18.6. The van der Waals surface area contributed by atoms with Crippen LogP contribution in [0.2, 0.25) is 0 Å². The monoisotopic (exact) mass is 442 g/mol. The number of carbonyl (C=O) groups excluding carboxylic acids is 1. The summed E-state index contributed by atoms with van der Waals surface area (Å²) in [5, 5.41) is 11.0. The summed E-state index contributed by atoms with van der Waals surface area (Å²) in [6.45, 7) is 5.92. The quantitative estimate of drug-likeness (QED) is 0.383. The van der Waals surface area contributed by atoms with Crippen molar-refractivity contribution in [3.05, 3.63) is 32.8 Å². The average molecular weight is 443 g/mol. The molecule has 0 amide bonds. The molecule has 10 heteroatoms. The summed E-state index contributed by atoms with van der Waals surface area (Å²) in [6.07, 6.45) is 1.63. The topological polar surface area (TPSA) is 90.7 Å². The highest BCUT2D eigenvalue weighted by Crippen LogP contribution is 2.36. The van der Waals surface area contributed by atoms with Crippen LogP contribution < -0.4 is 9.47 Å². The summed E-state index contributed by atoms with van der Waals surface area (Å²) in [5.41, 5.74) is 0.756. The van der Waals surface area contributed by atoms with Crippen LogP contribution >= 0.6 is 28.1 Å². The molecule has 0 aliphatic heterocycles. The number of hydrogen-bond acceptors (Lipinski definition) is 7. The van der Waals surface area contributed by atoms with Crippen LogP contribution in [0.4, 0.5) is 0 Å². The van der Waals surface area contributed by atoms with Crippen molar-refractivity contribution in [3.8, 4) is 11.5 Å². The van der Waals surface area contributed by atoms with Crippen molar-refractivity contribution in [2.24, 2.45) is 5.10 Å². The average Bonchev–Trinajstić information content (AvgIpc) is 2.91. The van der Waals surface area contributed by atoms with Gasteiger partial charge in [0.15, 0.2) is 18.1 Å². The van der Waals surface area contributed by atoms with Gasteiger partial charge >= 0.3 is 5.97 Å². The highest BCUT2D eigenvalue weighted by Gasteiger charge is 2.14. The molecule has 1 N–H and O–H groups in total. The second-order valence-electron chi connectivity index (χ2n) is 4.99. The number of aromatic amines is 1. The number of carbonyl (C=O) groups is 1. The third kappa shape index (κ3) is 5.15. The normalized spacial score (nSPS) is 10.9. The summed E-state index contributed by atoms with van der Waals surface area (Å²) in [6, 6.07) is 3.56. The number of ether oxygens (including phenoxy) is 3. The molecule has 140 valence electrons. The van der Waals surface area contributed by atoms with Crippen LogP contribution in [0.15, 0.2) is 21.7 Å². The zero-order chi connectivity index (χ0) is 19.1. The Bertz CT molecular complexity index is 862. The van der Waals surface area contributed by atoms with Gasteiger partial charge in [0.2, 0.25) is 4.77 Å². The number of aryl methyl sites for hydroxylation is 1. The van der Waals surface area contributed by atoms with Crippen molar-refractivity contribution < 1.29 is 19.0 Å². The first kappa shape index (κ1) is 20.1. The lowest BCUT2D eigenvalue weighted by Crippen LogP contribution is -2.15. The molecular weight excluding hydrogens is 424 g/mol. The van der Waals surface area contributed by atoms with E-state index in [9.17, 15) is 4.79 Å². The van der Waals surface area contributed by atoms with E-state index in [1.165, 1.54) is 4.68 Å². The van der Waals surface area contributed by atoms with Gasteiger partial charge in [-0.3, -0.25) is 5.10 Å². The number of H-pyrrole nitrogens is 1. The molecule has 2 aromatic rings. The molecule has 0 aliphatic carbocycles. The standard InChI is InChI=1S/C16H19BrN4O4S/c1-4-23-13-7-11(8-18-21-10(3)19-20-16(21)26)6-12(17)15(13)25-9-14(22)24-5-2/h6-8H,4-5,9H2,1-3H3,(H,20,26)/b18-8-. The molecule has 26 heavy (non-hydrogen) atoms. The number of nitrogens with one attached hydrogen (secondary N) is 1. The first-order valence-corrected chi connectivity index (χ1v) is 9.09. The number of esters is 1. The Morgan fingerprint density at radius 1 is 1.38 bits per heavy atom. The highest BCUT2D eigenvalue weighted by atomic mass is 79.9. The molecular formula is C16H19BrN4O4S. The van der Waals surface area contributed by atoms with Crippen molar-refractivity contribution in [2.75, 3.05) is 19.8 Å². The van der Waals surface area contributed by atoms with Crippen LogP contribution in [0.5, 0.6) is 11.5 Å². The van der Waals surface area contributed by atoms with E-state index >= 15 is 0 Å². The number of halogens is 1. The van der Waals surface area contributed by atoms with Crippen LogP contribution in [0.1, 0.15) is 25.2 Å². The fourth-order valence-electron chi connectivity index (χ4n) is 2.03. The zero-order valence-corrected chi connectivity index (χ0v) is 17.0. The van der Waals surface area contributed by atoms with Gasteiger partial charge in [0.05, 0.1) is 23.9 Å². The van der Waals surface area contributed by atoms with Crippen LogP contribution in [-0.4, -0.2) is 46.9 Å². The third-order valence-corrected chi connectivity index (χ3v) is 3.96. The van der Waals surface area contributed by atoms with E-state index < -0.39 is 5.97 Å². The van der Waals surface area contributed by atoms with Gasteiger partial charge in [0.25, 0.3) is 0 Å². The summed E-state index contributed by atoms with van der Waals surface area (Å²) in [7, 11) is 0. The van der Waals surface area contributed by atoms with Crippen LogP contribution in [-0.2, 0) is 9.53 Å². The van der Waals surface area contributed by atoms with Gasteiger partial charge in [-0.1, -0.05) is 0 Å². The number of aromatic nitrogens is 3. The second kappa shape index (κ2) is 9.48. The Morgan fingerprint density at radius 2 is 2.15 bits per heavy atom. The predicted octanol–water partition coefficient (Wildman–Crippen LogP) is 3.23. The Morgan fingerprint density at radius 3 is 2.77 bits per heavy atom. The lowest BCUT2D eigenvalue weighted by Gasteiger charge is -2.14. The van der Waals surface area contributed by atoms with Crippen molar-refractivity contribution in [1.82, 2.24) is 14.9 Å². The van der Waals surface area contributed by atoms with Gasteiger partial charge in [-0.25, -0.2) is 4.79 Å². The first-order chi connectivity index (χ1) is 12.5. The van der Waals surface area contributed by atoms with Crippen LogP contribution in [0.25, 0.3) is 0 Å². The minimum Gasteiger partial charge on any atom is -0.490 e. The van der Waals surface area contributed by atoms with Crippen LogP contribution in [0.3, 0.4) is 0 Å². The minimum atomic E-state index is -0.447. The molecule has 0 aliphatic rings. The molecule has 0 fully saturated rings. The number of benzene rings is 1. The molecule has 2 rings (SSSR count). The summed E-state index contributed by atoms with van der Waals surface area (Å²) >= 11 is 8.56. The molecule has 1 aromatic carbocycles. The van der Waals surface area contributed by atoms with Crippen molar-refractivity contribution in [2.45, 2.75) is 20.8 Å². The van der Waals surface area contributed by atoms with Crippen LogP contribution in [0, 0.1) is 11.7 Å². The molecule has 8 nitrogen and oxygen atoms in total. The van der Waals surface area contributed by atoms with E-state index in [0.717, 1.165) is 5.56 Å². The van der Waals surface area contributed by atoms with Crippen molar-refractivity contribution in [3.63, 3.8) is 0 Å². The molecule has 1 aromatic heterocycles. The Balaban J connectivity index is 2.27. The van der Waals surface area contributed by atoms with Crippen molar-refractivity contribution >= 4 is 40.3 Å². The summed E-state index contributed by atoms with van der Waals surface area (Å²) in [4.78, 5) is 11.5. The molecule has 0 saturated heterocycles. The maximum absolute atomic E-state index is 11.5. The minimum absolute atomic E-state index is 0.205. The smallest absolute Gasteiger partial charge is 0.344 e. The fraction of sp³-hybridized carbons (Fsp3) is 0.375. The van der Waals surface area contributed by atoms with E-state index in [1.54, 1.807) is 32.2 Å². The molecule has 0 saturated carbocycles. The van der Waals surface area contributed by atoms with E-state index in [4.69, 9.17) is 26.4 Å². The highest BCUT2D eigenvalue weighted by molar-refractivity contribution is 9.10. The maximum atomic E-state index is 11.5. The lowest BCUT2D eigenvalue weighted by molar-refractivity contribution is -0.145. The number of hydrogen-bond donors (Lipinski definition) is 1. The van der Waals surface area contributed by atoms with Gasteiger partial charge in [-0.05, 0) is 66.6 Å². The Labute approximate surface area is 164 Å². The van der Waals surface area contributed by atoms with Gasteiger partial charge in [-0.2, -0.15) is 14.9 Å². The molecule has 0 radical (unpaired) electrons. The number of nitrogens with zero attached hydrogens (tertiary/aromatic N) is 3. The molecule has 0 spiro atoms. The second-order valence-corrected chi connectivity index (χ2v) is 6.23. The van der Waals surface area contributed by atoms with E-state index in [-0.39, 0.29) is 6.61 Å². The van der Waals surface area contributed by atoms with Gasteiger partial charge in [0.1, 0.15) is 5.82 Å². The fourth-order valence-corrected chi connectivity index (χ4v) is 2.83. The van der Waals surface area contributed by atoms with E-state index in [2.05, 4.69) is 31.2 Å². The Hall–Kier alpha value is -2.20. The van der Waals surface area contributed by atoms with Crippen molar-refractivity contribution in [1.29, 1.82) is 0 Å². The molecule has 0 atom stereocenters. The maximum Gasteiger partial charge on any atom is 0.344 e. The predicted molar refractivity (Wildman–Crippen MR) is 103 cm³/mol. The van der Waals surface area contributed by atoms with E-state index in [1.807, 2.05) is 6.92 Å². The largest absolute Gasteiger partial charge is 0.490 e.